The topological polar surface area (TPSA) is 0 Å². The molecule has 19 heavy (non-hydrogen) atoms. The molecule has 0 saturated heterocycles. The second kappa shape index (κ2) is 5.81. The van der Waals surface area contributed by atoms with Crippen molar-refractivity contribution in [2.75, 3.05) is 0 Å². The number of hydrogen-bond acceptors (Lipinski definition) is 0. The first-order chi connectivity index (χ1) is 8.46. The van der Waals surface area contributed by atoms with E-state index in [9.17, 15) is 26.3 Å². The zero-order valence-corrected chi connectivity index (χ0v) is 12.7. The monoisotopic (exact) mass is 432 g/mol. The summed E-state index contributed by atoms with van der Waals surface area (Å²) in [5.74, 6) is 0. The summed E-state index contributed by atoms with van der Waals surface area (Å²) in [6.45, 7) is 0. The van der Waals surface area contributed by atoms with Crippen molar-refractivity contribution in [2.45, 2.75) is 22.0 Å². The summed E-state index contributed by atoms with van der Waals surface area (Å²) in [7, 11) is 0. The third-order valence-corrected chi connectivity index (χ3v) is 4.64. The predicted octanol–water partition coefficient (Wildman–Crippen LogP) is 6.34. The van der Waals surface area contributed by atoms with Crippen LogP contribution < -0.4 is 0 Å². The van der Waals surface area contributed by atoms with Crippen LogP contribution in [0.25, 0.3) is 0 Å². The molecule has 1 aromatic carbocycles. The molecular formula is C10H5Br2ClF6. The van der Waals surface area contributed by atoms with Gasteiger partial charge in [-0.1, -0.05) is 61.7 Å². The molecule has 2 atom stereocenters. The van der Waals surface area contributed by atoms with Gasteiger partial charge in [-0.05, 0) is 11.1 Å². The van der Waals surface area contributed by atoms with Gasteiger partial charge in [0, 0.05) is 5.02 Å². The molecule has 108 valence electrons. The van der Waals surface area contributed by atoms with Crippen LogP contribution in [0.15, 0.2) is 18.2 Å². The number of rotatable bonds is 2. The van der Waals surface area contributed by atoms with Crippen molar-refractivity contribution >= 4 is 43.5 Å². The van der Waals surface area contributed by atoms with Crippen molar-refractivity contribution in [1.29, 1.82) is 0 Å². The smallest absolute Gasteiger partial charge is 0.169 e. The average Bonchev–Trinajstić information content (AvgIpc) is 2.25. The lowest BCUT2D eigenvalue weighted by Crippen LogP contribution is -2.18. The Hall–Kier alpha value is 0.0500. The molecule has 0 aliphatic rings. The molecule has 0 aliphatic carbocycles. The molecule has 1 rings (SSSR count). The third kappa shape index (κ3) is 4.01. The summed E-state index contributed by atoms with van der Waals surface area (Å²) in [4.78, 5) is -4.25. The highest BCUT2D eigenvalue weighted by molar-refractivity contribution is 9.09. The largest absolute Gasteiger partial charge is 0.405 e. The zero-order valence-electron chi connectivity index (χ0n) is 8.79. The third-order valence-electron chi connectivity index (χ3n) is 2.18. The molecule has 0 aromatic heterocycles. The minimum absolute atomic E-state index is 0.458. The lowest BCUT2D eigenvalue weighted by atomic mass is 10.0. The highest BCUT2D eigenvalue weighted by atomic mass is 79.9. The highest BCUT2D eigenvalue weighted by Crippen LogP contribution is 2.47. The van der Waals surface area contributed by atoms with Gasteiger partial charge in [-0.25, -0.2) is 0 Å². The van der Waals surface area contributed by atoms with E-state index in [1.54, 1.807) is 0 Å². The normalized spacial score (nSPS) is 16.3. The number of hydrogen-bond donors (Lipinski definition) is 0. The van der Waals surface area contributed by atoms with Crippen molar-refractivity contribution in [3.8, 4) is 0 Å². The van der Waals surface area contributed by atoms with Crippen LogP contribution in [-0.4, -0.2) is 12.4 Å². The lowest BCUT2D eigenvalue weighted by molar-refractivity contribution is -0.128. The maximum absolute atomic E-state index is 12.5. The first kappa shape index (κ1) is 17.1. The fourth-order valence-corrected chi connectivity index (χ4v) is 2.68. The maximum atomic E-state index is 12.5. The van der Waals surface area contributed by atoms with Gasteiger partial charge in [-0.15, -0.1) is 0 Å². The van der Waals surface area contributed by atoms with Crippen LogP contribution in [0.4, 0.5) is 26.3 Å². The first-order valence-corrected chi connectivity index (χ1v) is 6.87. The zero-order chi connectivity index (χ0) is 15.0. The van der Waals surface area contributed by atoms with Crippen LogP contribution in [0.5, 0.6) is 0 Å². The van der Waals surface area contributed by atoms with E-state index in [4.69, 9.17) is 11.6 Å². The first-order valence-electron chi connectivity index (χ1n) is 4.66. The molecular weight excluding hydrogens is 429 g/mol. The van der Waals surface area contributed by atoms with Crippen molar-refractivity contribution in [3.63, 3.8) is 0 Å². The predicted molar refractivity (Wildman–Crippen MR) is 66.9 cm³/mol. The van der Waals surface area contributed by atoms with E-state index in [2.05, 4.69) is 31.9 Å². The standard InChI is InChI=1S/C10H5Br2ClF6/c11-7(9(14,15)16)4-2-1-3-5(6(4)13)8(12)10(17,18)19/h1-3,7-8H. The minimum atomic E-state index is -4.65. The summed E-state index contributed by atoms with van der Waals surface area (Å²) >= 11 is 10.4. The van der Waals surface area contributed by atoms with Gasteiger partial charge < -0.3 is 0 Å². The molecule has 0 aliphatic heterocycles. The SMILES string of the molecule is FC(F)(F)C(Br)c1cccc(C(Br)C(F)(F)F)c1Cl. The Kier molecular flexibility index (Phi) is 5.23. The van der Waals surface area contributed by atoms with Crippen LogP contribution in [0.2, 0.25) is 5.02 Å². The Labute approximate surface area is 126 Å². The maximum Gasteiger partial charge on any atom is 0.405 e. The summed E-state index contributed by atoms with van der Waals surface area (Å²) in [5.41, 5.74) is -0.916. The number of alkyl halides is 8. The average molecular weight is 434 g/mol. The number of benzene rings is 1. The van der Waals surface area contributed by atoms with Gasteiger partial charge in [-0.3, -0.25) is 0 Å². The molecule has 0 N–H and O–H groups in total. The van der Waals surface area contributed by atoms with Crippen molar-refractivity contribution in [1.82, 2.24) is 0 Å². The quantitative estimate of drug-likeness (QED) is 0.377. The summed E-state index contributed by atoms with van der Waals surface area (Å²) in [6, 6.07) is 3.14. The van der Waals surface area contributed by atoms with Gasteiger partial charge in [-0.2, -0.15) is 26.3 Å². The molecule has 2 unspecified atom stereocenters. The van der Waals surface area contributed by atoms with E-state index in [1.807, 2.05) is 0 Å². The Balaban J connectivity index is 3.27. The van der Waals surface area contributed by atoms with Crippen molar-refractivity contribution in [3.05, 3.63) is 34.3 Å². The van der Waals surface area contributed by atoms with Crippen LogP contribution in [0.3, 0.4) is 0 Å². The second-order valence-electron chi connectivity index (χ2n) is 3.56. The van der Waals surface area contributed by atoms with Crippen molar-refractivity contribution < 1.29 is 26.3 Å². The Bertz CT molecular complexity index is 418. The van der Waals surface area contributed by atoms with Gasteiger partial charge in [0.15, 0.2) is 0 Å². The Morgan fingerprint density at radius 2 is 1.16 bits per heavy atom. The van der Waals surface area contributed by atoms with Crippen LogP contribution in [0, 0.1) is 0 Å². The molecule has 0 bridgehead atoms. The van der Waals surface area contributed by atoms with Crippen molar-refractivity contribution in [2.24, 2.45) is 0 Å². The van der Waals surface area contributed by atoms with Crippen LogP contribution >= 0.6 is 43.5 Å². The van der Waals surface area contributed by atoms with Crippen LogP contribution in [-0.2, 0) is 0 Å². The van der Waals surface area contributed by atoms with Gasteiger partial charge >= 0.3 is 12.4 Å². The van der Waals surface area contributed by atoms with E-state index < -0.39 is 38.2 Å². The summed E-state index contributed by atoms with van der Waals surface area (Å²) in [5, 5.41) is -0.569. The van der Waals surface area contributed by atoms with Gasteiger partial charge in [0.25, 0.3) is 0 Å². The Morgan fingerprint density at radius 3 is 1.42 bits per heavy atom. The molecule has 1 aromatic rings. The Morgan fingerprint density at radius 1 is 0.842 bits per heavy atom. The van der Waals surface area contributed by atoms with E-state index in [1.165, 1.54) is 0 Å². The minimum Gasteiger partial charge on any atom is -0.169 e. The summed E-state index contributed by atoms with van der Waals surface area (Å²) in [6.07, 6.45) is -9.30. The molecule has 9 heteroatoms. The number of halogens is 9. The second-order valence-corrected chi connectivity index (χ2v) is 5.77. The van der Waals surface area contributed by atoms with Gasteiger partial charge in [0.1, 0.15) is 9.65 Å². The fourth-order valence-electron chi connectivity index (χ4n) is 1.31. The summed E-state index contributed by atoms with van der Waals surface area (Å²) < 4.78 is 75.3. The molecule has 0 fully saturated rings. The van der Waals surface area contributed by atoms with Gasteiger partial charge in [0.2, 0.25) is 0 Å². The van der Waals surface area contributed by atoms with E-state index in [0.29, 0.717) is 0 Å². The molecule has 0 amide bonds. The molecule has 0 saturated carbocycles. The molecule has 0 spiro atoms. The van der Waals surface area contributed by atoms with E-state index in [-0.39, 0.29) is 0 Å². The molecule has 0 heterocycles. The van der Waals surface area contributed by atoms with E-state index >= 15 is 0 Å². The molecule has 0 radical (unpaired) electrons. The van der Waals surface area contributed by atoms with E-state index in [0.717, 1.165) is 18.2 Å². The molecule has 0 nitrogen and oxygen atoms in total. The van der Waals surface area contributed by atoms with Gasteiger partial charge in [0.05, 0.1) is 0 Å². The lowest BCUT2D eigenvalue weighted by Gasteiger charge is -2.20. The van der Waals surface area contributed by atoms with Crippen LogP contribution in [0.1, 0.15) is 20.8 Å². The fraction of sp³-hybridized carbons (Fsp3) is 0.400. The highest BCUT2D eigenvalue weighted by Gasteiger charge is 2.43.